The first-order chi connectivity index (χ1) is 6.24. The summed E-state index contributed by atoms with van der Waals surface area (Å²) in [6.07, 6.45) is -1.23. The number of hydrogen-bond acceptors (Lipinski definition) is 4. The number of fused-ring (bicyclic) bond motifs is 1. The summed E-state index contributed by atoms with van der Waals surface area (Å²) in [6.45, 7) is 0. The average Bonchev–Trinajstić information content (AvgIpc) is 2.43. The fourth-order valence-corrected chi connectivity index (χ4v) is 1.32. The van der Waals surface area contributed by atoms with Crippen molar-refractivity contribution in [3.8, 4) is 6.07 Å². The van der Waals surface area contributed by atoms with Crippen LogP contribution in [0.3, 0.4) is 0 Å². The Morgan fingerprint density at radius 3 is 3.00 bits per heavy atom. The molecule has 1 unspecified atom stereocenters. The van der Waals surface area contributed by atoms with Gasteiger partial charge >= 0.3 is 5.97 Å². The van der Waals surface area contributed by atoms with Crippen molar-refractivity contribution in [1.29, 1.82) is 5.26 Å². The van der Waals surface area contributed by atoms with Crippen LogP contribution in [0.2, 0.25) is 0 Å². The maximum absolute atomic E-state index is 11.1. The van der Waals surface area contributed by atoms with Crippen LogP contribution >= 0.6 is 0 Å². The van der Waals surface area contributed by atoms with Gasteiger partial charge in [-0.15, -0.1) is 0 Å². The molecule has 0 radical (unpaired) electrons. The molecule has 0 aliphatic carbocycles. The highest BCUT2D eigenvalue weighted by Gasteiger charge is 2.31. The minimum absolute atomic E-state index is 0.178. The number of esters is 1. The van der Waals surface area contributed by atoms with E-state index in [0.717, 1.165) is 0 Å². The molecule has 4 heteroatoms. The lowest BCUT2D eigenvalue weighted by atomic mass is 10.0. The molecule has 64 valence electrons. The zero-order chi connectivity index (χ0) is 9.42. The van der Waals surface area contributed by atoms with Gasteiger partial charge in [0, 0.05) is 5.56 Å². The molecule has 2 rings (SSSR count). The van der Waals surface area contributed by atoms with Gasteiger partial charge in [0.2, 0.25) is 6.29 Å². The quantitative estimate of drug-likeness (QED) is 0.590. The molecule has 0 fully saturated rings. The Labute approximate surface area is 74.0 Å². The summed E-state index contributed by atoms with van der Waals surface area (Å²) in [5, 5.41) is 17.9. The standard InChI is InChI=1S/C9H5NO3/c10-4-5-2-1-3-6-7(5)9(12)13-8(6)11/h1-3,8,11H. The summed E-state index contributed by atoms with van der Waals surface area (Å²) in [6, 6.07) is 6.54. The zero-order valence-corrected chi connectivity index (χ0v) is 6.52. The van der Waals surface area contributed by atoms with Crippen molar-refractivity contribution < 1.29 is 14.6 Å². The third kappa shape index (κ3) is 0.983. The molecule has 1 aliphatic heterocycles. The van der Waals surface area contributed by atoms with Crippen molar-refractivity contribution >= 4 is 5.97 Å². The molecule has 4 nitrogen and oxygen atoms in total. The molecule has 1 aromatic rings. The number of cyclic esters (lactones) is 1. The van der Waals surface area contributed by atoms with Crippen LogP contribution in [0.4, 0.5) is 0 Å². The van der Waals surface area contributed by atoms with E-state index in [1.54, 1.807) is 12.1 Å². The molecule has 1 atom stereocenters. The van der Waals surface area contributed by atoms with Crippen LogP contribution in [0.1, 0.15) is 27.8 Å². The van der Waals surface area contributed by atoms with E-state index in [0.29, 0.717) is 5.56 Å². The smallest absolute Gasteiger partial charge is 0.342 e. The van der Waals surface area contributed by atoms with Crippen LogP contribution in [-0.2, 0) is 4.74 Å². The first-order valence-corrected chi connectivity index (χ1v) is 3.66. The third-order valence-electron chi connectivity index (χ3n) is 1.91. The topological polar surface area (TPSA) is 70.3 Å². The molecule has 1 N–H and O–H groups in total. The van der Waals surface area contributed by atoms with Crippen molar-refractivity contribution in [3.05, 3.63) is 34.9 Å². The van der Waals surface area contributed by atoms with Crippen LogP contribution in [0.5, 0.6) is 0 Å². The minimum atomic E-state index is -1.23. The fraction of sp³-hybridized carbons (Fsp3) is 0.111. The molecule has 0 bridgehead atoms. The van der Waals surface area contributed by atoms with E-state index in [9.17, 15) is 9.90 Å². The molecule has 0 saturated heterocycles. The highest BCUT2D eigenvalue weighted by Crippen LogP contribution is 2.30. The summed E-state index contributed by atoms with van der Waals surface area (Å²) in [5.41, 5.74) is 0.778. The largest absolute Gasteiger partial charge is 0.428 e. The molecule has 0 spiro atoms. The normalized spacial score (nSPS) is 19.1. The third-order valence-corrected chi connectivity index (χ3v) is 1.91. The summed E-state index contributed by atoms with van der Waals surface area (Å²) >= 11 is 0. The Morgan fingerprint density at radius 1 is 1.54 bits per heavy atom. The van der Waals surface area contributed by atoms with Crippen LogP contribution in [0.25, 0.3) is 0 Å². The van der Waals surface area contributed by atoms with E-state index in [1.165, 1.54) is 6.07 Å². The van der Waals surface area contributed by atoms with E-state index >= 15 is 0 Å². The Morgan fingerprint density at radius 2 is 2.31 bits per heavy atom. The van der Waals surface area contributed by atoms with Gasteiger partial charge in [-0.1, -0.05) is 12.1 Å². The van der Waals surface area contributed by atoms with Gasteiger partial charge in [-0.3, -0.25) is 0 Å². The maximum Gasteiger partial charge on any atom is 0.342 e. The number of benzene rings is 1. The van der Waals surface area contributed by atoms with Gasteiger partial charge < -0.3 is 9.84 Å². The Kier molecular flexibility index (Phi) is 1.54. The summed E-state index contributed by atoms with van der Waals surface area (Å²) in [5.74, 6) is -0.639. The van der Waals surface area contributed by atoms with Crippen molar-refractivity contribution in [2.24, 2.45) is 0 Å². The molecule has 0 saturated carbocycles. The Hall–Kier alpha value is -1.86. The predicted molar refractivity (Wildman–Crippen MR) is 41.5 cm³/mol. The number of ether oxygens (including phenoxy) is 1. The number of carbonyl (C=O) groups is 1. The van der Waals surface area contributed by atoms with E-state index in [4.69, 9.17) is 5.26 Å². The van der Waals surface area contributed by atoms with Gasteiger partial charge in [-0.25, -0.2) is 4.79 Å². The highest BCUT2D eigenvalue weighted by atomic mass is 16.6. The number of carbonyl (C=O) groups excluding carboxylic acids is 1. The molecule has 1 aromatic carbocycles. The molecule has 0 amide bonds. The molecule has 13 heavy (non-hydrogen) atoms. The zero-order valence-electron chi connectivity index (χ0n) is 6.52. The highest BCUT2D eigenvalue weighted by molar-refractivity contribution is 5.96. The Balaban J connectivity index is 2.71. The number of aliphatic hydroxyl groups is 1. The summed E-state index contributed by atoms with van der Waals surface area (Å²) in [7, 11) is 0. The fourth-order valence-electron chi connectivity index (χ4n) is 1.32. The first-order valence-electron chi connectivity index (χ1n) is 3.66. The number of nitriles is 1. The number of aliphatic hydroxyl groups excluding tert-OH is 1. The molecule has 1 heterocycles. The van der Waals surface area contributed by atoms with Crippen LogP contribution in [-0.4, -0.2) is 11.1 Å². The summed E-state index contributed by atoms with van der Waals surface area (Å²) in [4.78, 5) is 11.1. The van der Waals surface area contributed by atoms with Crippen molar-refractivity contribution in [2.75, 3.05) is 0 Å². The van der Waals surface area contributed by atoms with Crippen molar-refractivity contribution in [2.45, 2.75) is 6.29 Å². The Bertz CT molecular complexity index is 419. The second-order valence-corrected chi connectivity index (χ2v) is 2.64. The first kappa shape index (κ1) is 7.77. The lowest BCUT2D eigenvalue weighted by Crippen LogP contribution is -1.97. The van der Waals surface area contributed by atoms with Gasteiger partial charge in [-0.05, 0) is 6.07 Å². The SMILES string of the molecule is N#Cc1cccc2c1C(=O)OC2O. The van der Waals surface area contributed by atoms with E-state index < -0.39 is 12.3 Å². The van der Waals surface area contributed by atoms with E-state index in [1.807, 2.05) is 6.07 Å². The monoisotopic (exact) mass is 175 g/mol. The average molecular weight is 175 g/mol. The van der Waals surface area contributed by atoms with Crippen molar-refractivity contribution in [1.82, 2.24) is 0 Å². The van der Waals surface area contributed by atoms with Gasteiger partial charge in [0.05, 0.1) is 11.1 Å². The van der Waals surface area contributed by atoms with Gasteiger partial charge in [0.1, 0.15) is 6.07 Å². The molecule has 1 aliphatic rings. The van der Waals surface area contributed by atoms with Gasteiger partial charge in [0.15, 0.2) is 0 Å². The van der Waals surface area contributed by atoms with Gasteiger partial charge in [0.25, 0.3) is 0 Å². The maximum atomic E-state index is 11.1. The van der Waals surface area contributed by atoms with E-state index in [-0.39, 0.29) is 11.1 Å². The van der Waals surface area contributed by atoms with Gasteiger partial charge in [-0.2, -0.15) is 5.26 Å². The lowest BCUT2D eigenvalue weighted by Gasteiger charge is -1.99. The predicted octanol–water partition coefficient (Wildman–Crippen LogP) is 0.720. The number of nitrogens with zero attached hydrogens (tertiary/aromatic N) is 1. The second-order valence-electron chi connectivity index (χ2n) is 2.64. The van der Waals surface area contributed by atoms with E-state index in [2.05, 4.69) is 4.74 Å². The number of hydrogen-bond donors (Lipinski definition) is 1. The second kappa shape index (κ2) is 2.57. The van der Waals surface area contributed by atoms with Crippen LogP contribution in [0.15, 0.2) is 18.2 Å². The van der Waals surface area contributed by atoms with Crippen molar-refractivity contribution in [3.63, 3.8) is 0 Å². The minimum Gasteiger partial charge on any atom is -0.428 e. The molecular formula is C9H5NO3. The summed E-state index contributed by atoms with van der Waals surface area (Å²) < 4.78 is 4.54. The molecule has 0 aromatic heterocycles. The molecular weight excluding hydrogens is 170 g/mol. The van der Waals surface area contributed by atoms with Crippen LogP contribution in [0, 0.1) is 11.3 Å². The number of rotatable bonds is 0. The lowest BCUT2D eigenvalue weighted by molar-refractivity contribution is -0.0547. The van der Waals surface area contributed by atoms with Crippen LogP contribution < -0.4 is 0 Å².